The van der Waals surface area contributed by atoms with Gasteiger partial charge in [0, 0.05) is 11.3 Å². The van der Waals surface area contributed by atoms with Crippen molar-refractivity contribution in [2.24, 2.45) is 0 Å². The van der Waals surface area contributed by atoms with E-state index in [4.69, 9.17) is 4.42 Å². The Morgan fingerprint density at radius 2 is 1.83 bits per heavy atom. The average Bonchev–Trinajstić information content (AvgIpc) is 3.10. The van der Waals surface area contributed by atoms with Gasteiger partial charge in [0.15, 0.2) is 0 Å². The van der Waals surface area contributed by atoms with Gasteiger partial charge in [0.2, 0.25) is 11.8 Å². The zero-order chi connectivity index (χ0) is 16.8. The number of rotatable bonds is 6. The molecular formula is C18H17N3O2S. The van der Waals surface area contributed by atoms with Crippen molar-refractivity contribution < 1.29 is 9.21 Å². The van der Waals surface area contributed by atoms with Crippen LogP contribution in [0.3, 0.4) is 0 Å². The van der Waals surface area contributed by atoms with Crippen molar-refractivity contribution in [2.45, 2.75) is 18.6 Å². The highest BCUT2D eigenvalue weighted by molar-refractivity contribution is 7.99. The first-order chi connectivity index (χ1) is 11.8. The van der Waals surface area contributed by atoms with Crippen LogP contribution < -0.4 is 5.32 Å². The second kappa shape index (κ2) is 7.79. The van der Waals surface area contributed by atoms with Crippen molar-refractivity contribution in [3.05, 3.63) is 60.2 Å². The van der Waals surface area contributed by atoms with Gasteiger partial charge >= 0.3 is 0 Å². The van der Waals surface area contributed by atoms with Gasteiger partial charge in [0.05, 0.1) is 5.75 Å². The molecule has 0 fully saturated rings. The summed E-state index contributed by atoms with van der Waals surface area (Å²) in [4.78, 5) is 12.1. The Morgan fingerprint density at radius 1 is 1.08 bits per heavy atom. The van der Waals surface area contributed by atoms with Gasteiger partial charge in [-0.15, -0.1) is 10.2 Å². The van der Waals surface area contributed by atoms with Crippen molar-refractivity contribution in [3.8, 4) is 11.5 Å². The van der Waals surface area contributed by atoms with Crippen molar-refractivity contribution in [1.82, 2.24) is 10.2 Å². The first-order valence-electron chi connectivity index (χ1n) is 7.65. The molecule has 0 aliphatic carbocycles. The molecule has 5 nitrogen and oxygen atoms in total. The first kappa shape index (κ1) is 16.3. The van der Waals surface area contributed by atoms with Crippen LogP contribution in [0.1, 0.15) is 12.5 Å². The molecule has 0 aliphatic heterocycles. The number of nitrogens with one attached hydrogen (secondary N) is 1. The van der Waals surface area contributed by atoms with Crippen molar-refractivity contribution >= 4 is 23.4 Å². The molecule has 0 saturated heterocycles. The minimum absolute atomic E-state index is 0.0969. The van der Waals surface area contributed by atoms with Gasteiger partial charge < -0.3 is 9.73 Å². The van der Waals surface area contributed by atoms with E-state index in [1.807, 2.05) is 54.6 Å². The van der Waals surface area contributed by atoms with Crippen LogP contribution in [0, 0.1) is 0 Å². The number of para-hydroxylation sites is 1. The molecule has 122 valence electrons. The van der Waals surface area contributed by atoms with E-state index in [-0.39, 0.29) is 11.7 Å². The maximum atomic E-state index is 12.1. The Bertz CT molecular complexity index is 818. The number of thioether (sulfide) groups is 1. The molecular weight excluding hydrogens is 322 g/mol. The second-order valence-corrected chi connectivity index (χ2v) is 6.01. The predicted octanol–water partition coefficient (Wildman–Crippen LogP) is 4.03. The monoisotopic (exact) mass is 339 g/mol. The topological polar surface area (TPSA) is 68.0 Å². The quantitative estimate of drug-likeness (QED) is 0.687. The van der Waals surface area contributed by atoms with E-state index in [1.165, 1.54) is 11.8 Å². The van der Waals surface area contributed by atoms with Gasteiger partial charge in [0.25, 0.3) is 5.22 Å². The van der Waals surface area contributed by atoms with Gasteiger partial charge in [-0.05, 0) is 30.2 Å². The number of benzene rings is 2. The second-order valence-electron chi connectivity index (χ2n) is 5.09. The van der Waals surface area contributed by atoms with E-state index in [9.17, 15) is 4.79 Å². The fourth-order valence-corrected chi connectivity index (χ4v) is 2.79. The average molecular weight is 339 g/mol. The summed E-state index contributed by atoms with van der Waals surface area (Å²) < 4.78 is 5.58. The normalized spacial score (nSPS) is 10.5. The molecule has 6 heteroatoms. The van der Waals surface area contributed by atoms with Gasteiger partial charge in [-0.1, -0.05) is 55.1 Å². The van der Waals surface area contributed by atoms with Crippen LogP contribution in [0.5, 0.6) is 0 Å². The van der Waals surface area contributed by atoms with Gasteiger partial charge in [-0.2, -0.15) is 0 Å². The molecule has 24 heavy (non-hydrogen) atoms. The number of anilines is 1. The van der Waals surface area contributed by atoms with Crippen molar-refractivity contribution in [3.63, 3.8) is 0 Å². The Kier molecular flexibility index (Phi) is 5.28. The van der Waals surface area contributed by atoms with E-state index in [1.54, 1.807) is 0 Å². The maximum Gasteiger partial charge on any atom is 0.277 e. The lowest BCUT2D eigenvalue weighted by Crippen LogP contribution is -2.15. The van der Waals surface area contributed by atoms with Crippen LogP contribution in [0.25, 0.3) is 11.5 Å². The molecule has 1 amide bonds. The smallest absolute Gasteiger partial charge is 0.277 e. The molecule has 3 rings (SSSR count). The predicted molar refractivity (Wildman–Crippen MR) is 94.9 cm³/mol. The number of nitrogens with zero attached hydrogens (tertiary/aromatic N) is 2. The summed E-state index contributed by atoms with van der Waals surface area (Å²) in [6.07, 6.45) is 0.869. The number of carbonyl (C=O) groups excluding carboxylic acids is 1. The third kappa shape index (κ3) is 4.02. The lowest BCUT2D eigenvalue weighted by molar-refractivity contribution is -0.113. The maximum absolute atomic E-state index is 12.1. The van der Waals surface area contributed by atoms with Gasteiger partial charge in [0.1, 0.15) is 0 Å². The van der Waals surface area contributed by atoms with Crippen LogP contribution in [0.4, 0.5) is 5.69 Å². The zero-order valence-corrected chi connectivity index (χ0v) is 14.0. The molecule has 3 aromatic rings. The molecule has 2 aromatic carbocycles. The Morgan fingerprint density at radius 3 is 2.62 bits per heavy atom. The standard InChI is InChI=1S/C18H17N3O2S/c1-2-13-8-6-7-11-15(13)19-16(22)12-24-18-21-20-17(23-18)14-9-4-3-5-10-14/h3-11H,2,12H2,1H3,(H,19,22). The van der Waals surface area contributed by atoms with Crippen molar-refractivity contribution in [2.75, 3.05) is 11.1 Å². The van der Waals surface area contributed by atoms with E-state index < -0.39 is 0 Å². The first-order valence-corrected chi connectivity index (χ1v) is 8.64. The molecule has 1 N–H and O–H groups in total. The molecule has 1 aromatic heterocycles. The number of aryl methyl sites for hydroxylation is 1. The summed E-state index contributed by atoms with van der Waals surface area (Å²) in [6.45, 7) is 2.06. The summed E-state index contributed by atoms with van der Waals surface area (Å²) in [5.41, 5.74) is 2.82. The molecule has 0 unspecified atom stereocenters. The summed E-state index contributed by atoms with van der Waals surface area (Å²) in [6, 6.07) is 17.3. The number of carbonyl (C=O) groups is 1. The largest absolute Gasteiger partial charge is 0.411 e. The third-order valence-corrected chi connectivity index (χ3v) is 4.24. The number of hydrogen-bond acceptors (Lipinski definition) is 5. The fraction of sp³-hybridized carbons (Fsp3) is 0.167. The van der Waals surface area contributed by atoms with Crippen LogP contribution in [-0.4, -0.2) is 21.9 Å². The fourth-order valence-electron chi connectivity index (χ4n) is 2.23. The lowest BCUT2D eigenvalue weighted by Gasteiger charge is -2.08. The molecule has 1 heterocycles. The highest BCUT2D eigenvalue weighted by Gasteiger charge is 2.11. The minimum atomic E-state index is -0.0969. The molecule has 0 radical (unpaired) electrons. The molecule has 0 saturated carbocycles. The van der Waals surface area contributed by atoms with E-state index in [0.29, 0.717) is 11.1 Å². The number of amides is 1. The molecule has 0 bridgehead atoms. The van der Waals surface area contributed by atoms with E-state index >= 15 is 0 Å². The summed E-state index contributed by atoms with van der Waals surface area (Å²) in [5, 5.41) is 11.3. The highest BCUT2D eigenvalue weighted by atomic mass is 32.2. The van der Waals surface area contributed by atoms with Gasteiger partial charge in [-0.25, -0.2) is 0 Å². The molecule has 0 aliphatic rings. The zero-order valence-electron chi connectivity index (χ0n) is 13.2. The van der Waals surface area contributed by atoms with Crippen LogP contribution in [0.15, 0.2) is 64.2 Å². The molecule has 0 atom stereocenters. The summed E-state index contributed by atoms with van der Waals surface area (Å²) in [7, 11) is 0. The third-order valence-electron chi connectivity index (χ3n) is 3.43. The number of hydrogen-bond donors (Lipinski definition) is 1. The minimum Gasteiger partial charge on any atom is -0.411 e. The number of aromatic nitrogens is 2. The van der Waals surface area contributed by atoms with Crippen LogP contribution in [0.2, 0.25) is 0 Å². The van der Waals surface area contributed by atoms with Crippen LogP contribution >= 0.6 is 11.8 Å². The van der Waals surface area contributed by atoms with Crippen molar-refractivity contribution in [1.29, 1.82) is 0 Å². The van der Waals surface area contributed by atoms with E-state index in [2.05, 4.69) is 22.4 Å². The highest BCUT2D eigenvalue weighted by Crippen LogP contribution is 2.23. The summed E-state index contributed by atoms with van der Waals surface area (Å²) in [5.74, 6) is 0.573. The van der Waals surface area contributed by atoms with Crippen LogP contribution in [-0.2, 0) is 11.2 Å². The summed E-state index contributed by atoms with van der Waals surface area (Å²) >= 11 is 1.22. The van der Waals surface area contributed by atoms with E-state index in [0.717, 1.165) is 23.2 Å². The SMILES string of the molecule is CCc1ccccc1NC(=O)CSc1nnc(-c2ccccc2)o1. The Labute approximate surface area is 144 Å². The van der Waals surface area contributed by atoms with Gasteiger partial charge in [-0.3, -0.25) is 4.79 Å². The Hall–Kier alpha value is -2.60. The Balaban J connectivity index is 1.58. The lowest BCUT2D eigenvalue weighted by atomic mass is 10.1. The molecule has 0 spiro atoms.